The minimum absolute atomic E-state index is 0.554. The van der Waals surface area contributed by atoms with Crippen LogP contribution in [0.25, 0.3) is 33.3 Å². The number of anilines is 3. The third-order valence-corrected chi connectivity index (χ3v) is 7.93. The Balaban J connectivity index is 1.67. The molecule has 0 aliphatic heterocycles. The van der Waals surface area contributed by atoms with Crippen LogP contribution in [0.15, 0.2) is 79.3 Å². The van der Waals surface area contributed by atoms with Crippen molar-refractivity contribution in [1.82, 2.24) is 19.9 Å². The topological polar surface area (TPSA) is 54.8 Å². The average molecular weight is 510 g/mol. The Morgan fingerprint density at radius 2 is 1.18 bits per heavy atom. The van der Waals surface area contributed by atoms with Gasteiger partial charge < -0.3 is 4.90 Å². The van der Waals surface area contributed by atoms with Gasteiger partial charge in [0.1, 0.15) is 0 Å². The number of nitrogens with zero attached hydrogens (tertiary/aromatic N) is 5. The van der Waals surface area contributed by atoms with Crippen LogP contribution in [0.1, 0.15) is 33.4 Å². The SMILES string of the molecule is Cc1cccc(C)c1N(c1c(C)c(C)c(-c2cnc3nccnc3n2)c(C)c1C)c1cccc2ccccc12. The van der Waals surface area contributed by atoms with Crippen molar-refractivity contribution in [2.24, 2.45) is 0 Å². The van der Waals surface area contributed by atoms with Gasteiger partial charge in [-0.15, -0.1) is 0 Å². The van der Waals surface area contributed by atoms with Gasteiger partial charge >= 0.3 is 0 Å². The van der Waals surface area contributed by atoms with Gasteiger partial charge in [0, 0.05) is 23.3 Å². The molecule has 0 aliphatic rings. The minimum atomic E-state index is 0.554. The molecule has 0 amide bonds. The second-order valence-electron chi connectivity index (χ2n) is 10.3. The number of fused-ring (bicyclic) bond motifs is 2. The summed E-state index contributed by atoms with van der Waals surface area (Å²) in [6.07, 6.45) is 5.12. The maximum atomic E-state index is 4.86. The van der Waals surface area contributed by atoms with Gasteiger partial charge in [-0.05, 0) is 86.4 Å². The Morgan fingerprint density at radius 1 is 0.564 bits per heavy atom. The largest absolute Gasteiger partial charge is 0.309 e. The van der Waals surface area contributed by atoms with Crippen LogP contribution >= 0.6 is 0 Å². The molecule has 0 radical (unpaired) electrons. The zero-order chi connectivity index (χ0) is 27.3. The normalized spacial score (nSPS) is 11.3. The lowest BCUT2D eigenvalue weighted by atomic mass is 9.89. The standard InChI is InChI=1S/C34H31N5/c1-20-11-9-12-21(2)31(20)39(29-16-10-14-26-13-7-8-15-27(26)29)32-24(5)22(3)30(23(4)25(32)6)28-19-37-33-34(38-28)36-18-17-35-33/h7-19H,1-6H3. The Bertz CT molecular complexity index is 1840. The molecule has 192 valence electrons. The third kappa shape index (κ3) is 4.02. The van der Waals surface area contributed by atoms with Crippen molar-refractivity contribution in [3.63, 3.8) is 0 Å². The maximum absolute atomic E-state index is 4.86. The first kappa shape index (κ1) is 24.7. The molecule has 6 rings (SSSR count). The van der Waals surface area contributed by atoms with Gasteiger partial charge in [0.25, 0.3) is 0 Å². The van der Waals surface area contributed by atoms with Crippen molar-refractivity contribution in [2.75, 3.05) is 4.90 Å². The van der Waals surface area contributed by atoms with E-state index in [-0.39, 0.29) is 0 Å². The molecular formula is C34H31N5. The molecule has 0 aliphatic carbocycles. The lowest BCUT2D eigenvalue weighted by Crippen LogP contribution is -2.17. The fraction of sp³-hybridized carbons (Fsp3) is 0.176. The summed E-state index contributed by atoms with van der Waals surface area (Å²) in [5, 5.41) is 2.44. The van der Waals surface area contributed by atoms with E-state index in [9.17, 15) is 0 Å². The van der Waals surface area contributed by atoms with Crippen LogP contribution in [-0.4, -0.2) is 19.9 Å². The first-order valence-corrected chi connectivity index (χ1v) is 13.3. The van der Waals surface area contributed by atoms with E-state index in [0.29, 0.717) is 11.3 Å². The molecule has 2 aromatic heterocycles. The van der Waals surface area contributed by atoms with Crippen molar-refractivity contribution >= 4 is 39.1 Å². The molecule has 0 bridgehead atoms. The highest BCUT2D eigenvalue weighted by Gasteiger charge is 2.26. The molecule has 0 atom stereocenters. The van der Waals surface area contributed by atoms with Crippen LogP contribution in [0.5, 0.6) is 0 Å². The number of rotatable bonds is 4. The first-order chi connectivity index (χ1) is 18.9. The number of hydrogen-bond donors (Lipinski definition) is 0. The van der Waals surface area contributed by atoms with Gasteiger partial charge in [-0.2, -0.15) is 0 Å². The van der Waals surface area contributed by atoms with Crippen LogP contribution < -0.4 is 4.90 Å². The highest BCUT2D eigenvalue weighted by molar-refractivity contribution is 6.01. The molecule has 0 saturated heterocycles. The Morgan fingerprint density at radius 3 is 1.90 bits per heavy atom. The highest BCUT2D eigenvalue weighted by Crippen LogP contribution is 2.47. The molecule has 5 heteroatoms. The van der Waals surface area contributed by atoms with E-state index in [1.807, 2.05) is 6.20 Å². The Kier molecular flexibility index (Phi) is 6.07. The predicted molar refractivity (Wildman–Crippen MR) is 161 cm³/mol. The van der Waals surface area contributed by atoms with Crippen LogP contribution in [-0.2, 0) is 0 Å². The number of aryl methyl sites for hydroxylation is 2. The second kappa shape index (κ2) is 9.59. The van der Waals surface area contributed by atoms with E-state index in [4.69, 9.17) is 4.98 Å². The molecule has 39 heavy (non-hydrogen) atoms. The van der Waals surface area contributed by atoms with Gasteiger partial charge in [-0.3, -0.25) is 0 Å². The van der Waals surface area contributed by atoms with Crippen molar-refractivity contribution in [2.45, 2.75) is 41.5 Å². The Hall–Kier alpha value is -4.64. The minimum Gasteiger partial charge on any atom is -0.309 e. The van der Waals surface area contributed by atoms with Crippen molar-refractivity contribution < 1.29 is 0 Å². The average Bonchev–Trinajstić information content (AvgIpc) is 2.95. The van der Waals surface area contributed by atoms with Gasteiger partial charge in [0.15, 0.2) is 11.3 Å². The van der Waals surface area contributed by atoms with E-state index in [1.54, 1.807) is 12.4 Å². The molecule has 2 heterocycles. The quantitative estimate of drug-likeness (QED) is 0.238. The number of benzene rings is 4. The Labute approximate surface area is 229 Å². The zero-order valence-corrected chi connectivity index (χ0v) is 23.2. The summed E-state index contributed by atoms with van der Waals surface area (Å²) >= 11 is 0. The lowest BCUT2D eigenvalue weighted by Gasteiger charge is -2.34. The van der Waals surface area contributed by atoms with E-state index in [1.165, 1.54) is 61.2 Å². The summed E-state index contributed by atoms with van der Waals surface area (Å²) in [5.74, 6) is 0. The van der Waals surface area contributed by atoms with Crippen LogP contribution in [0.2, 0.25) is 0 Å². The first-order valence-electron chi connectivity index (χ1n) is 13.3. The van der Waals surface area contributed by atoms with E-state index >= 15 is 0 Å². The number of aromatic nitrogens is 4. The number of para-hydroxylation sites is 1. The molecule has 0 unspecified atom stereocenters. The zero-order valence-electron chi connectivity index (χ0n) is 23.2. The molecule has 0 saturated carbocycles. The second-order valence-corrected chi connectivity index (χ2v) is 10.3. The van der Waals surface area contributed by atoms with Gasteiger partial charge in [-0.1, -0.05) is 54.6 Å². The third-order valence-electron chi connectivity index (χ3n) is 7.93. The maximum Gasteiger partial charge on any atom is 0.198 e. The monoisotopic (exact) mass is 509 g/mol. The molecule has 6 aromatic rings. The summed E-state index contributed by atoms with van der Waals surface area (Å²) in [6.45, 7) is 13.2. The predicted octanol–water partition coefficient (Wildman–Crippen LogP) is 8.56. The summed E-state index contributed by atoms with van der Waals surface area (Å²) in [5.41, 5.74) is 13.9. The van der Waals surface area contributed by atoms with E-state index in [2.05, 4.69) is 122 Å². The number of hydrogen-bond acceptors (Lipinski definition) is 5. The fourth-order valence-electron chi connectivity index (χ4n) is 5.81. The van der Waals surface area contributed by atoms with Crippen LogP contribution in [0.4, 0.5) is 17.1 Å². The summed E-state index contributed by atoms with van der Waals surface area (Å²) in [7, 11) is 0. The van der Waals surface area contributed by atoms with Gasteiger partial charge in [-0.25, -0.2) is 19.9 Å². The van der Waals surface area contributed by atoms with Gasteiger partial charge in [0.2, 0.25) is 0 Å². The van der Waals surface area contributed by atoms with E-state index in [0.717, 1.165) is 11.3 Å². The van der Waals surface area contributed by atoms with Crippen molar-refractivity contribution in [3.05, 3.63) is 113 Å². The van der Waals surface area contributed by atoms with Crippen LogP contribution in [0.3, 0.4) is 0 Å². The lowest BCUT2D eigenvalue weighted by molar-refractivity contribution is 1.13. The summed E-state index contributed by atoms with van der Waals surface area (Å²) in [6, 6.07) is 21.7. The molecule has 0 fully saturated rings. The van der Waals surface area contributed by atoms with Gasteiger partial charge in [0.05, 0.1) is 29.0 Å². The smallest absolute Gasteiger partial charge is 0.198 e. The molecular weight excluding hydrogens is 478 g/mol. The highest BCUT2D eigenvalue weighted by atomic mass is 15.2. The fourth-order valence-corrected chi connectivity index (χ4v) is 5.81. The molecule has 0 spiro atoms. The van der Waals surface area contributed by atoms with E-state index < -0.39 is 0 Å². The summed E-state index contributed by atoms with van der Waals surface area (Å²) < 4.78 is 0. The summed E-state index contributed by atoms with van der Waals surface area (Å²) in [4.78, 5) is 20.6. The van der Waals surface area contributed by atoms with Crippen molar-refractivity contribution in [1.29, 1.82) is 0 Å². The molecule has 4 aromatic carbocycles. The van der Waals surface area contributed by atoms with Crippen molar-refractivity contribution in [3.8, 4) is 11.3 Å². The van der Waals surface area contributed by atoms with Crippen LogP contribution in [0, 0.1) is 41.5 Å². The molecule has 5 nitrogen and oxygen atoms in total. The molecule has 0 N–H and O–H groups in total.